The molecule has 3 aromatic rings. The number of nitrogens with zero attached hydrogens (tertiary/aromatic N) is 5. The number of nitrogens with two attached hydrogens (primary N) is 2. The molecular formula is C25H29FN10O2. The minimum atomic E-state index is -0.779. The van der Waals surface area contributed by atoms with Crippen molar-refractivity contribution in [2.75, 3.05) is 18.7 Å². The van der Waals surface area contributed by atoms with Crippen LogP contribution < -0.4 is 32.1 Å². The van der Waals surface area contributed by atoms with Gasteiger partial charge in [0.05, 0.1) is 24.4 Å². The smallest absolute Gasteiger partial charge is 0.288 e. The van der Waals surface area contributed by atoms with E-state index in [-0.39, 0.29) is 29.5 Å². The van der Waals surface area contributed by atoms with E-state index in [2.05, 4.69) is 33.0 Å². The van der Waals surface area contributed by atoms with Crippen LogP contribution in [0.2, 0.25) is 0 Å². The Labute approximate surface area is 218 Å². The number of benzene rings is 1. The first-order valence-electron chi connectivity index (χ1n) is 12.2. The maximum atomic E-state index is 15.0. The summed E-state index contributed by atoms with van der Waals surface area (Å²) in [4.78, 5) is 21.7. The molecule has 5 rings (SSSR count). The average Bonchev–Trinajstić information content (AvgIpc) is 3.52. The van der Waals surface area contributed by atoms with Gasteiger partial charge in [0.25, 0.3) is 5.91 Å². The van der Waals surface area contributed by atoms with Crippen molar-refractivity contribution in [1.82, 2.24) is 20.0 Å². The molecule has 7 N–H and O–H groups in total. The van der Waals surface area contributed by atoms with Gasteiger partial charge < -0.3 is 25.6 Å². The van der Waals surface area contributed by atoms with Crippen molar-refractivity contribution in [1.29, 1.82) is 5.41 Å². The topological polar surface area (TPSA) is 172 Å². The summed E-state index contributed by atoms with van der Waals surface area (Å²) >= 11 is 0. The van der Waals surface area contributed by atoms with Gasteiger partial charge in [-0.3, -0.25) is 15.2 Å². The molecule has 2 aliphatic rings. The second-order valence-electron chi connectivity index (χ2n) is 9.22. The van der Waals surface area contributed by atoms with E-state index < -0.39 is 17.6 Å². The number of hydrazine groups is 1. The van der Waals surface area contributed by atoms with E-state index in [1.165, 1.54) is 37.6 Å². The molecule has 0 bridgehead atoms. The third-order valence-electron chi connectivity index (χ3n) is 6.71. The Morgan fingerprint density at radius 2 is 2.16 bits per heavy atom. The predicted molar refractivity (Wildman–Crippen MR) is 142 cm³/mol. The van der Waals surface area contributed by atoms with Crippen LogP contribution in [0.15, 0.2) is 46.8 Å². The van der Waals surface area contributed by atoms with Crippen molar-refractivity contribution in [3.63, 3.8) is 0 Å². The van der Waals surface area contributed by atoms with Gasteiger partial charge >= 0.3 is 0 Å². The molecule has 2 fully saturated rings. The lowest BCUT2D eigenvalue weighted by Crippen LogP contribution is -2.34. The van der Waals surface area contributed by atoms with Crippen LogP contribution >= 0.6 is 0 Å². The molecule has 2 aromatic heterocycles. The quantitative estimate of drug-likeness (QED) is 0.137. The summed E-state index contributed by atoms with van der Waals surface area (Å²) in [6, 6.07) is 7.03. The zero-order valence-electron chi connectivity index (χ0n) is 20.8. The molecule has 1 saturated heterocycles. The van der Waals surface area contributed by atoms with Crippen LogP contribution in [0.1, 0.15) is 47.9 Å². The van der Waals surface area contributed by atoms with E-state index in [1.807, 2.05) is 16.7 Å². The Bertz CT molecular complexity index is 1450. The van der Waals surface area contributed by atoms with Crippen LogP contribution in [0.4, 0.5) is 10.1 Å². The molecule has 12 nitrogen and oxygen atoms in total. The van der Waals surface area contributed by atoms with Gasteiger partial charge in [-0.05, 0) is 48.9 Å². The highest BCUT2D eigenvalue weighted by molar-refractivity contribution is 6.38. The number of rotatable bonds is 7. The van der Waals surface area contributed by atoms with E-state index >= 15 is 0 Å². The molecule has 38 heavy (non-hydrogen) atoms. The van der Waals surface area contributed by atoms with E-state index in [4.69, 9.17) is 26.8 Å². The molecule has 1 saturated carbocycles. The van der Waals surface area contributed by atoms with Gasteiger partial charge in [0.2, 0.25) is 5.84 Å². The Kier molecular flexibility index (Phi) is 6.92. The number of amidine groups is 2. The minimum Gasteiger partial charge on any atom is -0.494 e. The number of pyridine rings is 1. The van der Waals surface area contributed by atoms with Gasteiger partial charge in [-0.1, -0.05) is 6.07 Å². The highest BCUT2D eigenvalue weighted by Crippen LogP contribution is 2.40. The first kappa shape index (κ1) is 25.1. The van der Waals surface area contributed by atoms with Crippen LogP contribution in [0, 0.1) is 11.2 Å². The number of methoxy groups -OCH3 is 1. The van der Waals surface area contributed by atoms with Gasteiger partial charge in [-0.15, -0.1) is 0 Å². The first-order chi connectivity index (χ1) is 18.4. The normalized spacial score (nSPS) is 18.2. The number of halogens is 1. The van der Waals surface area contributed by atoms with E-state index in [0.29, 0.717) is 18.3 Å². The fraction of sp³-hybridized carbons (Fsp3) is 0.320. The summed E-state index contributed by atoms with van der Waals surface area (Å²) in [7, 11) is 1.33. The Morgan fingerprint density at radius 3 is 2.89 bits per heavy atom. The number of hydrogen-bond donors (Lipinski definition) is 5. The SMILES string of the molecule is COc1ccc(N(N)/C=N\N)c(CNC(=O)C(=N)/N=C2\NCCC2c2cn3cc(C4CC4)ccc3n2)c1F. The number of amides is 1. The molecule has 1 atom stereocenters. The lowest BCUT2D eigenvalue weighted by molar-refractivity contribution is -0.115. The van der Waals surface area contributed by atoms with Crippen molar-refractivity contribution in [2.24, 2.45) is 21.8 Å². The Balaban J connectivity index is 1.31. The molecule has 198 valence electrons. The van der Waals surface area contributed by atoms with Crippen molar-refractivity contribution in [3.8, 4) is 5.75 Å². The van der Waals surface area contributed by atoms with Crippen molar-refractivity contribution in [2.45, 2.75) is 37.6 Å². The molecule has 1 unspecified atom stereocenters. The minimum absolute atomic E-state index is 0.0268. The Morgan fingerprint density at radius 1 is 1.34 bits per heavy atom. The third-order valence-corrected chi connectivity index (χ3v) is 6.71. The molecule has 0 spiro atoms. The fourth-order valence-corrected chi connectivity index (χ4v) is 4.58. The monoisotopic (exact) mass is 520 g/mol. The maximum Gasteiger partial charge on any atom is 0.288 e. The highest BCUT2D eigenvalue weighted by atomic mass is 19.1. The first-order valence-corrected chi connectivity index (χ1v) is 12.2. The standard InChI is InChI=1S/C25H29FN10O2/c1-38-20-6-5-19(36(29)13-32-28)17(22(20)26)10-31-25(37)23(27)34-24-16(8-9-30-24)18-12-35-11-15(14-2-3-14)4-7-21(35)33-18/h4-7,11-14,16H,2-3,8-10,28-29H2,1H3,(H,31,37)(H2,27,30,34)/b32-13-. The van der Waals surface area contributed by atoms with Crippen LogP contribution in [0.5, 0.6) is 5.75 Å². The zero-order chi connectivity index (χ0) is 26.8. The van der Waals surface area contributed by atoms with Gasteiger partial charge in [0.1, 0.15) is 17.8 Å². The van der Waals surface area contributed by atoms with Crippen LogP contribution in [-0.2, 0) is 11.3 Å². The summed E-state index contributed by atoms with van der Waals surface area (Å²) in [5, 5.41) is 18.3. The molecule has 0 radical (unpaired) electrons. The lowest BCUT2D eigenvalue weighted by Gasteiger charge is -2.19. The molecule has 13 heteroatoms. The van der Waals surface area contributed by atoms with Crippen LogP contribution in [0.3, 0.4) is 0 Å². The van der Waals surface area contributed by atoms with Crippen LogP contribution in [0.25, 0.3) is 5.65 Å². The number of aromatic nitrogens is 2. The number of aliphatic imine (C=N–C) groups is 1. The van der Waals surface area contributed by atoms with Gasteiger partial charge in [-0.2, -0.15) is 5.10 Å². The number of hydrazone groups is 1. The van der Waals surface area contributed by atoms with Gasteiger partial charge in [0.15, 0.2) is 11.6 Å². The number of carbonyl (C=O) groups excluding carboxylic acids is 1. The number of hydrogen-bond acceptors (Lipinski definition) is 7. The number of imidazole rings is 1. The summed E-state index contributed by atoms with van der Waals surface area (Å²) in [6.07, 6.45) is 8.37. The number of anilines is 1. The summed E-state index contributed by atoms with van der Waals surface area (Å²) in [6.45, 7) is 0.371. The Hall–Kier alpha value is -4.52. The molecule has 1 aliphatic carbocycles. The van der Waals surface area contributed by atoms with Gasteiger partial charge in [-0.25, -0.2) is 20.2 Å². The number of fused-ring (bicyclic) bond motifs is 1. The van der Waals surface area contributed by atoms with Crippen molar-refractivity contribution >= 4 is 35.3 Å². The third kappa shape index (κ3) is 5.00. The molecule has 1 aromatic carbocycles. The highest BCUT2D eigenvalue weighted by Gasteiger charge is 2.29. The van der Waals surface area contributed by atoms with Crippen LogP contribution in [-0.4, -0.2) is 47.0 Å². The summed E-state index contributed by atoms with van der Waals surface area (Å²) < 4.78 is 22.0. The van der Waals surface area contributed by atoms with E-state index in [9.17, 15) is 9.18 Å². The molecule has 3 heterocycles. The maximum absolute atomic E-state index is 15.0. The number of nitrogens with one attached hydrogen (secondary N) is 3. The van der Waals surface area contributed by atoms with Gasteiger partial charge in [0, 0.05) is 31.0 Å². The van der Waals surface area contributed by atoms with Crippen molar-refractivity contribution < 1.29 is 13.9 Å². The van der Waals surface area contributed by atoms with E-state index in [1.54, 1.807) is 0 Å². The largest absolute Gasteiger partial charge is 0.494 e. The molecule has 1 aliphatic heterocycles. The second-order valence-corrected chi connectivity index (χ2v) is 9.22. The number of carbonyl (C=O) groups is 1. The van der Waals surface area contributed by atoms with E-state index in [0.717, 1.165) is 29.1 Å². The second kappa shape index (κ2) is 10.5. The van der Waals surface area contributed by atoms with Crippen molar-refractivity contribution in [3.05, 3.63) is 59.3 Å². The number of ether oxygens (including phenoxy) is 1. The average molecular weight is 521 g/mol. The molecule has 1 amide bonds. The lowest BCUT2D eigenvalue weighted by atomic mass is 10.0. The summed E-state index contributed by atoms with van der Waals surface area (Å²) in [5.41, 5.74) is 3.22. The predicted octanol–water partition coefficient (Wildman–Crippen LogP) is 1.71. The zero-order valence-corrected chi connectivity index (χ0v) is 20.8. The summed E-state index contributed by atoms with van der Waals surface area (Å²) in [5.74, 6) is 9.95. The molecular weight excluding hydrogens is 491 g/mol. The fourth-order valence-electron chi connectivity index (χ4n) is 4.58.